The number of hydrogen-bond acceptors (Lipinski definition) is 5. The van der Waals surface area contributed by atoms with Crippen LogP contribution in [0.1, 0.15) is 0 Å². The maximum Gasteiger partial charge on any atom is 0.181 e. The Morgan fingerprint density at radius 3 is 2.66 bits per heavy atom. The van der Waals surface area contributed by atoms with Crippen LogP contribution in [0.3, 0.4) is 0 Å². The first-order valence-electron chi connectivity index (χ1n) is 9.13. The van der Waals surface area contributed by atoms with Gasteiger partial charge in [0.15, 0.2) is 5.65 Å². The van der Waals surface area contributed by atoms with Crippen molar-refractivity contribution >= 4 is 33.3 Å². The number of aromatic nitrogens is 6. The van der Waals surface area contributed by atoms with Crippen LogP contribution in [-0.4, -0.2) is 30.1 Å². The molecule has 138 valence electrons. The summed E-state index contributed by atoms with van der Waals surface area (Å²) in [7, 11) is 0. The van der Waals surface area contributed by atoms with Crippen molar-refractivity contribution in [3.05, 3.63) is 72.6 Å². The molecule has 6 aromatic rings. The van der Waals surface area contributed by atoms with Crippen molar-refractivity contribution in [2.24, 2.45) is 0 Å². The zero-order valence-corrected chi connectivity index (χ0v) is 15.9. The number of rotatable bonds is 3. The summed E-state index contributed by atoms with van der Waals surface area (Å²) in [5.41, 5.74) is 6.69. The predicted octanol–water partition coefficient (Wildman–Crippen LogP) is 5.29. The number of H-pyrrole nitrogens is 2. The van der Waals surface area contributed by atoms with Crippen LogP contribution in [-0.2, 0) is 0 Å². The Kier molecular flexibility index (Phi) is 3.54. The van der Waals surface area contributed by atoms with E-state index >= 15 is 0 Å². The molecule has 0 amide bonds. The molecule has 6 aromatic heterocycles. The zero-order chi connectivity index (χ0) is 19.2. The molecule has 6 heterocycles. The largest absolute Gasteiger partial charge is 0.353 e. The molecule has 0 radical (unpaired) electrons. The molecule has 0 aliphatic heterocycles. The van der Waals surface area contributed by atoms with Crippen LogP contribution < -0.4 is 0 Å². The Hall–Kier alpha value is -3.84. The van der Waals surface area contributed by atoms with E-state index in [9.17, 15) is 0 Å². The van der Waals surface area contributed by atoms with Crippen molar-refractivity contribution in [3.8, 4) is 33.1 Å². The van der Waals surface area contributed by atoms with Gasteiger partial charge in [0.1, 0.15) is 0 Å². The Labute approximate surface area is 169 Å². The summed E-state index contributed by atoms with van der Waals surface area (Å²) in [6, 6.07) is 14.3. The third-order valence-corrected chi connectivity index (χ3v) is 5.87. The van der Waals surface area contributed by atoms with E-state index in [1.807, 2.05) is 36.7 Å². The van der Waals surface area contributed by atoms with E-state index < -0.39 is 0 Å². The normalized spacial score (nSPS) is 11.4. The van der Waals surface area contributed by atoms with Gasteiger partial charge in [-0.1, -0.05) is 6.07 Å². The van der Waals surface area contributed by atoms with Crippen LogP contribution in [0.4, 0.5) is 0 Å². The van der Waals surface area contributed by atoms with Gasteiger partial charge in [-0.15, -0.1) is 11.3 Å². The van der Waals surface area contributed by atoms with Crippen molar-refractivity contribution < 1.29 is 0 Å². The third kappa shape index (κ3) is 2.63. The highest BCUT2D eigenvalue weighted by molar-refractivity contribution is 7.13. The molecule has 0 aliphatic carbocycles. The van der Waals surface area contributed by atoms with Gasteiger partial charge < -0.3 is 4.98 Å². The third-order valence-electron chi connectivity index (χ3n) is 5.00. The van der Waals surface area contributed by atoms with Crippen molar-refractivity contribution in [1.29, 1.82) is 0 Å². The molecule has 29 heavy (non-hydrogen) atoms. The lowest BCUT2D eigenvalue weighted by Gasteiger charge is -2.01. The van der Waals surface area contributed by atoms with Gasteiger partial charge in [-0.05, 0) is 47.3 Å². The predicted molar refractivity (Wildman–Crippen MR) is 116 cm³/mol. The van der Waals surface area contributed by atoms with Gasteiger partial charge in [-0.3, -0.25) is 15.1 Å². The number of aromatic amines is 2. The molecule has 0 atom stereocenters. The van der Waals surface area contributed by atoms with E-state index in [2.05, 4.69) is 53.7 Å². The lowest BCUT2D eigenvalue weighted by atomic mass is 10.1. The van der Waals surface area contributed by atoms with Gasteiger partial charge in [0, 0.05) is 46.6 Å². The monoisotopic (exact) mass is 394 g/mol. The molecule has 0 saturated heterocycles. The molecule has 6 nitrogen and oxygen atoms in total. The van der Waals surface area contributed by atoms with Gasteiger partial charge >= 0.3 is 0 Å². The average molecular weight is 394 g/mol. The van der Waals surface area contributed by atoms with E-state index in [1.54, 1.807) is 23.7 Å². The zero-order valence-electron chi connectivity index (χ0n) is 15.1. The van der Waals surface area contributed by atoms with Gasteiger partial charge in [-0.2, -0.15) is 5.10 Å². The molecule has 7 heteroatoms. The van der Waals surface area contributed by atoms with Crippen molar-refractivity contribution in [2.45, 2.75) is 0 Å². The van der Waals surface area contributed by atoms with Gasteiger partial charge in [0.25, 0.3) is 0 Å². The van der Waals surface area contributed by atoms with Crippen LogP contribution in [0.5, 0.6) is 0 Å². The second kappa shape index (κ2) is 6.35. The van der Waals surface area contributed by atoms with E-state index in [-0.39, 0.29) is 0 Å². The second-order valence-electron chi connectivity index (χ2n) is 6.71. The van der Waals surface area contributed by atoms with Crippen LogP contribution in [0, 0.1) is 0 Å². The smallest absolute Gasteiger partial charge is 0.181 e. The van der Waals surface area contributed by atoms with Gasteiger partial charge in [-0.25, -0.2) is 4.98 Å². The SMILES string of the molecule is c1csc(-c2nccc3[nH]c(-c4[nH]nc5ncc(-c6ccncc6)cc45)cc23)c1. The Balaban J connectivity index is 1.53. The topological polar surface area (TPSA) is 83.1 Å². The van der Waals surface area contributed by atoms with Crippen molar-refractivity contribution in [1.82, 2.24) is 30.1 Å². The summed E-state index contributed by atoms with van der Waals surface area (Å²) in [4.78, 5) is 17.9. The van der Waals surface area contributed by atoms with Crippen molar-refractivity contribution in [2.75, 3.05) is 0 Å². The molecule has 2 N–H and O–H groups in total. The lowest BCUT2D eigenvalue weighted by molar-refractivity contribution is 1.10. The Morgan fingerprint density at radius 2 is 1.79 bits per heavy atom. The molecular weight excluding hydrogens is 380 g/mol. The molecule has 0 aromatic carbocycles. The minimum atomic E-state index is 0.688. The first-order chi connectivity index (χ1) is 14.4. The summed E-state index contributed by atoms with van der Waals surface area (Å²) < 4.78 is 0. The van der Waals surface area contributed by atoms with Crippen molar-refractivity contribution in [3.63, 3.8) is 0 Å². The van der Waals surface area contributed by atoms with E-state index in [0.717, 1.165) is 49.4 Å². The molecule has 0 saturated carbocycles. The summed E-state index contributed by atoms with van der Waals surface area (Å²) in [5.74, 6) is 0. The van der Waals surface area contributed by atoms with E-state index in [1.165, 1.54) is 0 Å². The fraction of sp³-hybridized carbons (Fsp3) is 0. The fourth-order valence-electron chi connectivity index (χ4n) is 3.61. The molecule has 0 unspecified atom stereocenters. The first-order valence-corrected chi connectivity index (χ1v) is 10.0. The number of hydrogen-bond donors (Lipinski definition) is 2. The second-order valence-corrected chi connectivity index (χ2v) is 7.66. The minimum absolute atomic E-state index is 0.688. The Morgan fingerprint density at radius 1 is 0.862 bits per heavy atom. The number of thiophene rings is 1. The first kappa shape index (κ1) is 16.1. The highest BCUT2D eigenvalue weighted by atomic mass is 32.1. The molecule has 0 bridgehead atoms. The summed E-state index contributed by atoms with van der Waals surface area (Å²) >= 11 is 1.69. The van der Waals surface area contributed by atoms with Gasteiger partial charge in [0.05, 0.1) is 22.0 Å². The molecule has 6 rings (SSSR count). The van der Waals surface area contributed by atoms with Crippen LogP contribution in [0.2, 0.25) is 0 Å². The standard InChI is InChI=1S/C22H14N6S/c1-2-19(29-9-1)21-15-11-18(26-17(15)5-8-24-21)20-16-10-14(12-25-22(16)28-27-20)13-3-6-23-7-4-13/h1-12,26H,(H,25,27,28). The Bertz CT molecular complexity index is 1450. The molecule has 0 aliphatic rings. The van der Waals surface area contributed by atoms with E-state index in [0.29, 0.717) is 5.65 Å². The highest BCUT2D eigenvalue weighted by Gasteiger charge is 2.15. The molecule has 0 spiro atoms. The van der Waals surface area contributed by atoms with Crippen LogP contribution in [0.25, 0.3) is 55.0 Å². The summed E-state index contributed by atoms with van der Waals surface area (Å²) in [5, 5.41) is 11.7. The van der Waals surface area contributed by atoms with Crippen LogP contribution in [0.15, 0.2) is 72.6 Å². The number of fused-ring (bicyclic) bond motifs is 2. The fourth-order valence-corrected chi connectivity index (χ4v) is 4.34. The maximum absolute atomic E-state index is 4.61. The van der Waals surface area contributed by atoms with Crippen LogP contribution >= 0.6 is 11.3 Å². The molecular formula is C22H14N6S. The number of nitrogens with zero attached hydrogens (tertiary/aromatic N) is 4. The molecule has 0 fully saturated rings. The van der Waals surface area contributed by atoms with E-state index in [4.69, 9.17) is 0 Å². The quantitative estimate of drug-likeness (QED) is 0.427. The van der Waals surface area contributed by atoms with Gasteiger partial charge in [0.2, 0.25) is 0 Å². The number of pyridine rings is 3. The highest BCUT2D eigenvalue weighted by Crippen LogP contribution is 2.34. The maximum atomic E-state index is 4.61. The average Bonchev–Trinajstić information content (AvgIpc) is 3.52. The minimum Gasteiger partial charge on any atom is -0.353 e. The summed E-state index contributed by atoms with van der Waals surface area (Å²) in [6.07, 6.45) is 7.25. The number of nitrogens with one attached hydrogen (secondary N) is 2. The lowest BCUT2D eigenvalue weighted by Crippen LogP contribution is -1.83. The summed E-state index contributed by atoms with van der Waals surface area (Å²) in [6.45, 7) is 0.